The summed E-state index contributed by atoms with van der Waals surface area (Å²) < 4.78 is 6.47. The lowest BCUT2D eigenvalue weighted by molar-refractivity contribution is -0.118. The first-order valence-corrected chi connectivity index (χ1v) is 7.82. The molecule has 2 heterocycles. The molecular weight excluding hydrogens is 340 g/mol. The molecule has 3 rings (SSSR count). The quantitative estimate of drug-likeness (QED) is 0.888. The second-order valence-corrected chi connectivity index (χ2v) is 7.02. The molecule has 1 aliphatic heterocycles. The predicted octanol–water partition coefficient (Wildman–Crippen LogP) is 3.13. The van der Waals surface area contributed by atoms with Crippen molar-refractivity contribution in [1.82, 2.24) is 5.32 Å². The molecule has 20 heavy (non-hydrogen) atoms. The molecule has 104 valence electrons. The van der Waals surface area contributed by atoms with Crippen molar-refractivity contribution in [2.24, 2.45) is 0 Å². The van der Waals surface area contributed by atoms with E-state index in [1.807, 2.05) is 24.3 Å². The first-order valence-electron chi connectivity index (χ1n) is 6.21. The summed E-state index contributed by atoms with van der Waals surface area (Å²) in [6.07, 6.45) is 0. The SMILES string of the molecule is O=C1COc2ccc(CNCc3ccc(Br)s3)cc2N1. The molecule has 0 spiro atoms. The van der Waals surface area contributed by atoms with E-state index in [1.54, 1.807) is 11.3 Å². The number of halogens is 1. The molecule has 0 fully saturated rings. The zero-order chi connectivity index (χ0) is 13.9. The third-order valence-corrected chi connectivity index (χ3v) is 4.56. The average molecular weight is 353 g/mol. The highest BCUT2D eigenvalue weighted by molar-refractivity contribution is 9.11. The van der Waals surface area contributed by atoms with Crippen LogP contribution in [0.15, 0.2) is 34.1 Å². The van der Waals surface area contributed by atoms with E-state index < -0.39 is 0 Å². The molecule has 1 aromatic heterocycles. The van der Waals surface area contributed by atoms with Crippen LogP contribution >= 0.6 is 27.3 Å². The Morgan fingerprint density at radius 1 is 1.30 bits per heavy atom. The minimum Gasteiger partial charge on any atom is -0.482 e. The summed E-state index contributed by atoms with van der Waals surface area (Å²) in [5.41, 5.74) is 1.87. The average Bonchev–Trinajstić information content (AvgIpc) is 2.84. The molecule has 4 nitrogen and oxygen atoms in total. The van der Waals surface area contributed by atoms with Gasteiger partial charge in [0.2, 0.25) is 0 Å². The van der Waals surface area contributed by atoms with Crippen LogP contribution in [0.4, 0.5) is 5.69 Å². The van der Waals surface area contributed by atoms with Crippen LogP contribution in [0, 0.1) is 0 Å². The third kappa shape index (κ3) is 3.20. The van der Waals surface area contributed by atoms with Gasteiger partial charge in [0, 0.05) is 18.0 Å². The van der Waals surface area contributed by atoms with E-state index in [0.29, 0.717) is 0 Å². The van der Waals surface area contributed by atoms with Crippen molar-refractivity contribution in [3.05, 3.63) is 44.6 Å². The molecule has 0 bridgehead atoms. The van der Waals surface area contributed by atoms with Gasteiger partial charge in [-0.05, 0) is 45.8 Å². The molecular formula is C14H13BrN2O2S. The van der Waals surface area contributed by atoms with Gasteiger partial charge >= 0.3 is 0 Å². The van der Waals surface area contributed by atoms with Gasteiger partial charge in [-0.2, -0.15) is 0 Å². The first-order chi connectivity index (χ1) is 9.70. The van der Waals surface area contributed by atoms with Crippen molar-refractivity contribution >= 4 is 38.9 Å². The Kier molecular flexibility index (Phi) is 4.05. The number of benzene rings is 1. The van der Waals surface area contributed by atoms with E-state index in [4.69, 9.17) is 4.74 Å². The summed E-state index contributed by atoms with van der Waals surface area (Å²) in [4.78, 5) is 12.6. The molecule has 1 amide bonds. The van der Waals surface area contributed by atoms with E-state index in [-0.39, 0.29) is 12.5 Å². The van der Waals surface area contributed by atoms with E-state index in [2.05, 4.69) is 32.6 Å². The van der Waals surface area contributed by atoms with E-state index in [0.717, 1.165) is 33.9 Å². The second kappa shape index (κ2) is 5.95. The van der Waals surface area contributed by atoms with Gasteiger partial charge in [0.1, 0.15) is 5.75 Å². The number of carbonyl (C=O) groups excluding carboxylic acids is 1. The highest BCUT2D eigenvalue weighted by Gasteiger charge is 2.15. The Hall–Kier alpha value is -1.37. The van der Waals surface area contributed by atoms with Gasteiger partial charge < -0.3 is 15.4 Å². The Bertz CT molecular complexity index is 642. The summed E-state index contributed by atoms with van der Waals surface area (Å²) in [5, 5.41) is 6.20. The smallest absolute Gasteiger partial charge is 0.262 e. The second-order valence-electron chi connectivity index (χ2n) is 4.48. The van der Waals surface area contributed by atoms with Crippen LogP contribution in [0.1, 0.15) is 10.4 Å². The van der Waals surface area contributed by atoms with Crippen molar-refractivity contribution < 1.29 is 9.53 Å². The highest BCUT2D eigenvalue weighted by Crippen LogP contribution is 2.28. The molecule has 6 heteroatoms. The fourth-order valence-corrected chi connectivity index (χ4v) is 3.47. The number of ether oxygens (including phenoxy) is 1. The Labute approximate surface area is 129 Å². The van der Waals surface area contributed by atoms with Crippen LogP contribution in [0.3, 0.4) is 0 Å². The lowest BCUT2D eigenvalue weighted by atomic mass is 10.1. The molecule has 2 N–H and O–H groups in total. The predicted molar refractivity (Wildman–Crippen MR) is 83.1 cm³/mol. The Morgan fingerprint density at radius 3 is 3.00 bits per heavy atom. The number of amides is 1. The fraction of sp³-hybridized carbons (Fsp3) is 0.214. The number of hydrogen-bond donors (Lipinski definition) is 2. The molecule has 0 radical (unpaired) electrons. The number of fused-ring (bicyclic) bond motifs is 1. The number of rotatable bonds is 4. The summed E-state index contributed by atoms with van der Waals surface area (Å²) in [6, 6.07) is 10.0. The van der Waals surface area contributed by atoms with E-state index in [9.17, 15) is 4.79 Å². The lowest BCUT2D eigenvalue weighted by Gasteiger charge is -2.18. The van der Waals surface area contributed by atoms with Gasteiger partial charge in [0.25, 0.3) is 5.91 Å². The maximum atomic E-state index is 11.3. The van der Waals surface area contributed by atoms with Crippen LogP contribution in [0.25, 0.3) is 0 Å². The van der Waals surface area contributed by atoms with Crippen LogP contribution in [0.2, 0.25) is 0 Å². The Morgan fingerprint density at radius 2 is 2.20 bits per heavy atom. The van der Waals surface area contributed by atoms with Gasteiger partial charge in [-0.25, -0.2) is 0 Å². The minimum absolute atomic E-state index is 0.0951. The summed E-state index contributed by atoms with van der Waals surface area (Å²) in [5.74, 6) is 0.626. The van der Waals surface area contributed by atoms with E-state index in [1.165, 1.54) is 4.88 Å². The summed E-state index contributed by atoms with van der Waals surface area (Å²) >= 11 is 5.18. The zero-order valence-corrected chi connectivity index (χ0v) is 13.0. The molecule has 0 saturated heterocycles. The van der Waals surface area contributed by atoms with Gasteiger partial charge in [-0.3, -0.25) is 4.79 Å². The first kappa shape index (κ1) is 13.6. The van der Waals surface area contributed by atoms with Crippen molar-refractivity contribution in [2.45, 2.75) is 13.1 Å². The van der Waals surface area contributed by atoms with Gasteiger partial charge in [-0.1, -0.05) is 6.07 Å². The number of carbonyl (C=O) groups is 1. The molecule has 0 saturated carbocycles. The number of anilines is 1. The minimum atomic E-state index is -0.106. The number of thiophene rings is 1. The fourth-order valence-electron chi connectivity index (χ4n) is 2.02. The molecule has 0 aliphatic carbocycles. The summed E-state index contributed by atoms with van der Waals surface area (Å²) in [6.45, 7) is 1.67. The molecule has 0 atom stereocenters. The monoisotopic (exact) mass is 352 g/mol. The third-order valence-electron chi connectivity index (χ3n) is 2.93. The largest absolute Gasteiger partial charge is 0.482 e. The van der Waals surface area contributed by atoms with Crippen LogP contribution in [-0.4, -0.2) is 12.5 Å². The molecule has 0 unspecified atom stereocenters. The summed E-state index contributed by atoms with van der Waals surface area (Å²) in [7, 11) is 0. The number of nitrogens with one attached hydrogen (secondary N) is 2. The standard InChI is InChI=1S/C14H13BrN2O2S/c15-13-4-2-10(20-13)7-16-6-9-1-3-12-11(5-9)17-14(18)8-19-12/h1-5,16H,6-8H2,(H,17,18). The van der Waals surface area contributed by atoms with Crippen LogP contribution < -0.4 is 15.4 Å². The van der Waals surface area contributed by atoms with Crippen LogP contribution in [-0.2, 0) is 17.9 Å². The van der Waals surface area contributed by atoms with Gasteiger partial charge in [-0.15, -0.1) is 11.3 Å². The normalized spacial score (nSPS) is 13.6. The number of hydrogen-bond acceptors (Lipinski definition) is 4. The van der Waals surface area contributed by atoms with Gasteiger partial charge in [0.05, 0.1) is 9.47 Å². The molecule has 1 aromatic carbocycles. The zero-order valence-electron chi connectivity index (χ0n) is 10.6. The van der Waals surface area contributed by atoms with Crippen molar-refractivity contribution in [2.75, 3.05) is 11.9 Å². The van der Waals surface area contributed by atoms with Gasteiger partial charge in [0.15, 0.2) is 6.61 Å². The lowest BCUT2D eigenvalue weighted by Crippen LogP contribution is -2.25. The maximum Gasteiger partial charge on any atom is 0.262 e. The van der Waals surface area contributed by atoms with Crippen molar-refractivity contribution in [3.8, 4) is 5.75 Å². The van der Waals surface area contributed by atoms with Crippen molar-refractivity contribution in [1.29, 1.82) is 0 Å². The van der Waals surface area contributed by atoms with Crippen LogP contribution in [0.5, 0.6) is 5.75 Å². The van der Waals surface area contributed by atoms with Crippen molar-refractivity contribution in [3.63, 3.8) is 0 Å². The molecule has 1 aliphatic rings. The topological polar surface area (TPSA) is 50.4 Å². The maximum absolute atomic E-state index is 11.3. The van der Waals surface area contributed by atoms with E-state index >= 15 is 0 Å². The highest BCUT2D eigenvalue weighted by atomic mass is 79.9. The Balaban J connectivity index is 1.60. The molecule has 2 aromatic rings.